The molecule has 1 saturated carbocycles. The van der Waals surface area contributed by atoms with Gasteiger partial charge in [0, 0.05) is 17.3 Å². The number of alkyl carbamates (subject to hydrolysis) is 1. The van der Waals surface area contributed by atoms with Crippen LogP contribution in [0.15, 0.2) is 66.7 Å². The lowest BCUT2D eigenvalue weighted by molar-refractivity contribution is -0.120. The van der Waals surface area contributed by atoms with E-state index in [0.717, 1.165) is 48.3 Å². The molecule has 0 spiro atoms. The van der Waals surface area contributed by atoms with E-state index in [4.69, 9.17) is 4.74 Å². The first-order valence-electron chi connectivity index (χ1n) is 13.6. The van der Waals surface area contributed by atoms with Gasteiger partial charge in [0.05, 0.1) is 18.3 Å². The van der Waals surface area contributed by atoms with E-state index in [0.29, 0.717) is 6.54 Å². The first kappa shape index (κ1) is 26.0. The lowest BCUT2D eigenvalue weighted by Gasteiger charge is -2.30. The molecule has 6 nitrogen and oxygen atoms in total. The van der Waals surface area contributed by atoms with E-state index in [2.05, 4.69) is 34.6 Å². The molecule has 2 aliphatic carbocycles. The van der Waals surface area contributed by atoms with Crippen molar-refractivity contribution in [1.82, 2.24) is 10.3 Å². The highest BCUT2D eigenvalue weighted by Gasteiger charge is 2.46. The first-order chi connectivity index (χ1) is 18.2. The molecule has 3 atom stereocenters. The number of rotatable bonds is 6. The number of benzene rings is 2. The molecule has 3 unspecified atom stereocenters. The lowest BCUT2D eigenvalue weighted by atomic mass is 9.87. The third kappa shape index (κ3) is 6.07. The minimum absolute atomic E-state index is 0.0473. The standard InChI is InChI=1S/C32H37N3O3/c1-21-10-8-14-24(33-21)20-35(30(36)28-19-26(28)22-11-6-5-7-12-22)25-17-16-23-13-9-15-29(27(23)18-25)34-31(37)38-32(2,3)4/h5-8,10-12,14,16-18,26,28-29H,9,13,15,19-20H2,1-4H3,(H,34,37). The molecule has 1 N–H and O–H groups in total. The Balaban J connectivity index is 1.44. The number of hydrogen-bond acceptors (Lipinski definition) is 4. The predicted molar refractivity (Wildman–Crippen MR) is 149 cm³/mol. The molecule has 2 amide bonds. The Morgan fingerprint density at radius 3 is 2.58 bits per heavy atom. The van der Waals surface area contributed by atoms with E-state index >= 15 is 0 Å². The number of hydrogen-bond donors (Lipinski definition) is 1. The number of aryl methyl sites for hydroxylation is 2. The van der Waals surface area contributed by atoms with Gasteiger partial charge in [-0.25, -0.2) is 4.79 Å². The molecule has 198 valence electrons. The summed E-state index contributed by atoms with van der Waals surface area (Å²) in [6.07, 6.45) is 3.22. The quantitative estimate of drug-likeness (QED) is 0.403. The number of aromatic nitrogens is 1. The maximum absolute atomic E-state index is 14.0. The van der Waals surface area contributed by atoms with Gasteiger partial charge in [-0.15, -0.1) is 0 Å². The fourth-order valence-corrected chi connectivity index (χ4v) is 5.44. The molecule has 1 fully saturated rings. The van der Waals surface area contributed by atoms with Crippen LogP contribution in [-0.2, 0) is 22.5 Å². The van der Waals surface area contributed by atoms with Crippen molar-refractivity contribution in [3.8, 4) is 0 Å². The van der Waals surface area contributed by atoms with Gasteiger partial charge in [0.25, 0.3) is 0 Å². The van der Waals surface area contributed by atoms with Crippen molar-refractivity contribution in [3.05, 3.63) is 94.8 Å². The van der Waals surface area contributed by atoms with Crippen molar-refractivity contribution in [1.29, 1.82) is 0 Å². The zero-order valence-corrected chi connectivity index (χ0v) is 22.7. The Morgan fingerprint density at radius 2 is 1.84 bits per heavy atom. The topological polar surface area (TPSA) is 71.5 Å². The maximum Gasteiger partial charge on any atom is 0.408 e. The number of ether oxygens (including phenoxy) is 1. The van der Waals surface area contributed by atoms with E-state index in [9.17, 15) is 9.59 Å². The van der Waals surface area contributed by atoms with Crippen molar-refractivity contribution in [3.63, 3.8) is 0 Å². The highest BCUT2D eigenvalue weighted by Crippen LogP contribution is 2.49. The second-order valence-electron chi connectivity index (χ2n) is 11.5. The van der Waals surface area contributed by atoms with Crippen LogP contribution in [0.5, 0.6) is 0 Å². The van der Waals surface area contributed by atoms with E-state index in [-0.39, 0.29) is 23.8 Å². The minimum atomic E-state index is -0.562. The van der Waals surface area contributed by atoms with Crippen LogP contribution in [0.3, 0.4) is 0 Å². The summed E-state index contributed by atoms with van der Waals surface area (Å²) in [7, 11) is 0. The number of anilines is 1. The molecule has 0 aliphatic heterocycles. The van der Waals surface area contributed by atoms with Gasteiger partial charge in [0.15, 0.2) is 0 Å². The van der Waals surface area contributed by atoms with Gasteiger partial charge in [0.1, 0.15) is 5.60 Å². The fraction of sp³-hybridized carbons (Fsp3) is 0.406. The number of pyridine rings is 1. The number of nitrogens with one attached hydrogen (secondary N) is 1. The van der Waals surface area contributed by atoms with Gasteiger partial charge < -0.3 is 15.0 Å². The summed E-state index contributed by atoms with van der Waals surface area (Å²) < 4.78 is 5.53. The highest BCUT2D eigenvalue weighted by molar-refractivity contribution is 5.97. The fourth-order valence-electron chi connectivity index (χ4n) is 5.44. The van der Waals surface area contributed by atoms with Gasteiger partial charge in [-0.05, 0) is 100 Å². The molecular weight excluding hydrogens is 474 g/mol. The number of carbonyl (C=O) groups is 2. The summed E-state index contributed by atoms with van der Waals surface area (Å²) in [5.74, 6) is 0.319. The van der Waals surface area contributed by atoms with Crippen LogP contribution < -0.4 is 10.2 Å². The van der Waals surface area contributed by atoms with Crippen LogP contribution in [0, 0.1) is 12.8 Å². The molecule has 1 aromatic heterocycles. The third-order valence-electron chi connectivity index (χ3n) is 7.31. The zero-order valence-electron chi connectivity index (χ0n) is 22.7. The summed E-state index contributed by atoms with van der Waals surface area (Å²) in [6.45, 7) is 7.96. The van der Waals surface area contributed by atoms with E-state index in [1.54, 1.807) is 0 Å². The monoisotopic (exact) mass is 511 g/mol. The smallest absolute Gasteiger partial charge is 0.408 e. The Kier molecular flexibility index (Phi) is 7.24. The van der Waals surface area contributed by atoms with Gasteiger partial charge in [0.2, 0.25) is 5.91 Å². The molecule has 5 rings (SSSR count). The van der Waals surface area contributed by atoms with E-state index in [1.807, 2.05) is 75.1 Å². The average molecular weight is 512 g/mol. The van der Waals surface area contributed by atoms with E-state index in [1.165, 1.54) is 11.1 Å². The van der Waals surface area contributed by atoms with Crippen molar-refractivity contribution >= 4 is 17.7 Å². The van der Waals surface area contributed by atoms with Gasteiger partial charge >= 0.3 is 6.09 Å². The average Bonchev–Trinajstić information content (AvgIpc) is 3.68. The van der Waals surface area contributed by atoms with Crippen LogP contribution in [0.1, 0.15) is 80.1 Å². The number of fused-ring (bicyclic) bond motifs is 1. The van der Waals surface area contributed by atoms with Crippen molar-refractivity contribution < 1.29 is 14.3 Å². The normalized spacial score (nSPS) is 20.3. The molecule has 2 aliphatic rings. The SMILES string of the molecule is Cc1cccc(CN(C(=O)C2CC2c2ccccc2)c2ccc3c(c2)C(NC(=O)OC(C)(C)C)CCC3)n1. The van der Waals surface area contributed by atoms with Crippen molar-refractivity contribution in [2.75, 3.05) is 4.90 Å². The highest BCUT2D eigenvalue weighted by atomic mass is 16.6. The van der Waals surface area contributed by atoms with Crippen molar-refractivity contribution in [2.45, 2.75) is 77.5 Å². The van der Waals surface area contributed by atoms with Crippen LogP contribution in [0.4, 0.5) is 10.5 Å². The van der Waals surface area contributed by atoms with Crippen molar-refractivity contribution in [2.24, 2.45) is 5.92 Å². The second-order valence-corrected chi connectivity index (χ2v) is 11.5. The maximum atomic E-state index is 14.0. The van der Waals surface area contributed by atoms with Gasteiger partial charge in [-0.3, -0.25) is 9.78 Å². The molecule has 0 radical (unpaired) electrons. The lowest BCUT2D eigenvalue weighted by Crippen LogP contribution is -2.36. The molecule has 6 heteroatoms. The zero-order chi connectivity index (χ0) is 26.9. The molecule has 1 heterocycles. The first-order valence-corrected chi connectivity index (χ1v) is 13.6. The largest absolute Gasteiger partial charge is 0.444 e. The third-order valence-corrected chi connectivity index (χ3v) is 7.31. The molecular formula is C32H37N3O3. The van der Waals surface area contributed by atoms with Crippen LogP contribution >= 0.6 is 0 Å². The summed E-state index contributed by atoms with van der Waals surface area (Å²) in [6, 6.07) is 22.3. The molecule has 0 bridgehead atoms. The summed E-state index contributed by atoms with van der Waals surface area (Å²) in [4.78, 5) is 33.1. The van der Waals surface area contributed by atoms with Gasteiger partial charge in [-0.2, -0.15) is 0 Å². The van der Waals surface area contributed by atoms with E-state index < -0.39 is 11.7 Å². The van der Waals surface area contributed by atoms with Crippen LogP contribution in [0.25, 0.3) is 0 Å². The summed E-state index contributed by atoms with van der Waals surface area (Å²) in [5, 5.41) is 3.07. The van der Waals surface area contributed by atoms with Gasteiger partial charge in [-0.1, -0.05) is 42.5 Å². The number of carbonyl (C=O) groups excluding carboxylic acids is 2. The summed E-state index contributed by atoms with van der Waals surface area (Å²) >= 11 is 0. The second kappa shape index (κ2) is 10.6. The Bertz CT molecular complexity index is 1320. The van der Waals surface area contributed by atoms with Crippen LogP contribution in [-0.4, -0.2) is 22.6 Å². The minimum Gasteiger partial charge on any atom is -0.444 e. The number of amides is 2. The molecule has 38 heavy (non-hydrogen) atoms. The summed E-state index contributed by atoms with van der Waals surface area (Å²) in [5.41, 5.74) is 5.54. The number of nitrogens with zero attached hydrogens (tertiary/aromatic N) is 2. The predicted octanol–water partition coefficient (Wildman–Crippen LogP) is 6.63. The Labute approximate surface area is 225 Å². The molecule has 3 aromatic rings. The Hall–Kier alpha value is -3.67. The molecule has 0 saturated heterocycles. The Morgan fingerprint density at radius 1 is 1.05 bits per heavy atom. The molecule has 2 aromatic carbocycles. The van der Waals surface area contributed by atoms with Crippen LogP contribution in [0.2, 0.25) is 0 Å².